The molecule has 0 saturated heterocycles. The third kappa shape index (κ3) is 4.00. The van der Waals surface area contributed by atoms with Crippen LogP contribution in [0.1, 0.15) is 31.7 Å². The van der Waals surface area contributed by atoms with E-state index in [1.807, 2.05) is 13.0 Å². The Morgan fingerprint density at radius 3 is 2.71 bits per heavy atom. The Bertz CT molecular complexity index is 411. The van der Waals surface area contributed by atoms with Crippen LogP contribution in [0.15, 0.2) is 6.07 Å². The predicted molar refractivity (Wildman–Crippen MR) is 65.4 cm³/mol. The van der Waals surface area contributed by atoms with Gasteiger partial charge in [-0.15, -0.1) is 0 Å². The average Bonchev–Trinajstić information content (AvgIpc) is 2.27. The van der Waals surface area contributed by atoms with Crippen molar-refractivity contribution in [2.45, 2.75) is 33.2 Å². The number of rotatable bonds is 5. The van der Waals surface area contributed by atoms with Crippen LogP contribution in [0.25, 0.3) is 0 Å². The van der Waals surface area contributed by atoms with Crippen LogP contribution in [0.4, 0.5) is 5.95 Å². The Hall–Kier alpha value is -1.67. The van der Waals surface area contributed by atoms with E-state index in [4.69, 9.17) is 10.4 Å². The molecular formula is C12H18N4O. The molecule has 5 nitrogen and oxygen atoms in total. The third-order valence-electron chi connectivity index (χ3n) is 2.53. The summed E-state index contributed by atoms with van der Waals surface area (Å²) in [6.45, 7) is 6.07. The first kappa shape index (κ1) is 13.4. The van der Waals surface area contributed by atoms with Crippen molar-refractivity contribution in [2.24, 2.45) is 5.92 Å². The van der Waals surface area contributed by atoms with Crippen molar-refractivity contribution in [1.29, 1.82) is 5.26 Å². The Balaban J connectivity index is 2.85. The molecule has 1 aromatic rings. The molecule has 1 unspecified atom stereocenters. The molecular weight excluding hydrogens is 216 g/mol. The first-order valence-corrected chi connectivity index (χ1v) is 5.70. The fraction of sp³-hybridized carbons (Fsp3) is 0.583. The Morgan fingerprint density at radius 1 is 1.47 bits per heavy atom. The van der Waals surface area contributed by atoms with E-state index in [1.54, 1.807) is 6.07 Å². The van der Waals surface area contributed by atoms with Gasteiger partial charge in [0.1, 0.15) is 11.8 Å². The number of nitriles is 1. The number of hydrogen-bond donors (Lipinski definition) is 2. The van der Waals surface area contributed by atoms with Gasteiger partial charge in [0.05, 0.1) is 0 Å². The minimum Gasteiger partial charge on any atom is -0.396 e. The molecule has 0 amide bonds. The summed E-state index contributed by atoms with van der Waals surface area (Å²) in [4.78, 5) is 8.32. The number of aromatic nitrogens is 2. The highest BCUT2D eigenvalue weighted by atomic mass is 16.3. The molecule has 0 fully saturated rings. The minimum absolute atomic E-state index is 0.105. The Morgan fingerprint density at radius 2 is 2.18 bits per heavy atom. The second-order valence-corrected chi connectivity index (χ2v) is 4.34. The van der Waals surface area contributed by atoms with E-state index in [1.165, 1.54) is 0 Å². The molecule has 0 spiro atoms. The number of anilines is 1. The van der Waals surface area contributed by atoms with Gasteiger partial charge in [-0.1, -0.05) is 13.8 Å². The lowest BCUT2D eigenvalue weighted by atomic mass is 10.0. The maximum atomic E-state index is 8.99. The summed E-state index contributed by atoms with van der Waals surface area (Å²) in [5, 5.41) is 21.0. The fourth-order valence-corrected chi connectivity index (χ4v) is 1.57. The number of nitrogens with one attached hydrogen (secondary N) is 1. The van der Waals surface area contributed by atoms with Crippen molar-refractivity contribution >= 4 is 5.95 Å². The molecule has 0 saturated carbocycles. The molecule has 17 heavy (non-hydrogen) atoms. The molecule has 2 N–H and O–H groups in total. The Kier molecular flexibility index (Phi) is 4.85. The minimum atomic E-state index is 0.105. The summed E-state index contributed by atoms with van der Waals surface area (Å²) in [6.07, 6.45) is 0.636. The molecule has 0 aromatic carbocycles. The number of hydrogen-bond acceptors (Lipinski definition) is 5. The molecule has 1 heterocycles. The van der Waals surface area contributed by atoms with Gasteiger partial charge in [0.2, 0.25) is 5.95 Å². The quantitative estimate of drug-likeness (QED) is 0.806. The van der Waals surface area contributed by atoms with Crippen molar-refractivity contribution in [3.05, 3.63) is 17.5 Å². The zero-order chi connectivity index (χ0) is 12.8. The highest BCUT2D eigenvalue weighted by Crippen LogP contribution is 2.12. The number of aliphatic hydroxyl groups excluding tert-OH is 1. The van der Waals surface area contributed by atoms with E-state index >= 15 is 0 Å². The first-order chi connectivity index (χ1) is 8.06. The van der Waals surface area contributed by atoms with Crippen molar-refractivity contribution in [3.63, 3.8) is 0 Å². The van der Waals surface area contributed by atoms with Gasteiger partial charge in [-0.2, -0.15) is 5.26 Å². The van der Waals surface area contributed by atoms with Crippen molar-refractivity contribution in [3.8, 4) is 6.07 Å². The van der Waals surface area contributed by atoms with Crippen LogP contribution < -0.4 is 5.32 Å². The van der Waals surface area contributed by atoms with Crippen LogP contribution in [0, 0.1) is 24.2 Å². The number of aryl methyl sites for hydroxylation is 1. The van der Waals surface area contributed by atoms with E-state index in [9.17, 15) is 0 Å². The second-order valence-electron chi connectivity index (χ2n) is 4.34. The largest absolute Gasteiger partial charge is 0.396 e. The van der Waals surface area contributed by atoms with Crippen LogP contribution in [0.2, 0.25) is 0 Å². The maximum absolute atomic E-state index is 8.99. The molecule has 0 aliphatic carbocycles. The van der Waals surface area contributed by atoms with Gasteiger partial charge in [-0.25, -0.2) is 9.97 Å². The molecule has 5 heteroatoms. The summed E-state index contributed by atoms with van der Waals surface area (Å²) in [7, 11) is 0. The SMILES string of the molecule is Cc1cc(C#N)nc(NC(CCO)C(C)C)n1. The topological polar surface area (TPSA) is 81.8 Å². The molecule has 0 aliphatic rings. The molecule has 1 aromatic heterocycles. The molecule has 0 bridgehead atoms. The molecule has 1 rings (SSSR count). The van der Waals surface area contributed by atoms with E-state index in [-0.39, 0.29) is 12.6 Å². The monoisotopic (exact) mass is 234 g/mol. The summed E-state index contributed by atoms with van der Waals surface area (Å²) in [5.41, 5.74) is 1.11. The van der Waals surface area contributed by atoms with E-state index in [0.29, 0.717) is 24.0 Å². The average molecular weight is 234 g/mol. The summed E-state index contributed by atoms with van der Waals surface area (Å²) < 4.78 is 0. The normalized spacial score (nSPS) is 12.2. The predicted octanol–water partition coefficient (Wildman–Crippen LogP) is 1.48. The number of nitrogens with zero attached hydrogens (tertiary/aromatic N) is 3. The molecule has 92 valence electrons. The van der Waals surface area contributed by atoms with Crippen molar-refractivity contribution < 1.29 is 5.11 Å². The second kappa shape index (κ2) is 6.16. The number of aliphatic hydroxyl groups is 1. The third-order valence-corrected chi connectivity index (χ3v) is 2.53. The van der Waals surface area contributed by atoms with Gasteiger partial charge in [0, 0.05) is 18.3 Å². The van der Waals surface area contributed by atoms with Crippen LogP contribution in [-0.4, -0.2) is 27.7 Å². The first-order valence-electron chi connectivity index (χ1n) is 5.70. The van der Waals surface area contributed by atoms with Crippen molar-refractivity contribution in [1.82, 2.24) is 9.97 Å². The standard InChI is InChI=1S/C12H18N4O/c1-8(2)11(4-5-17)16-12-14-9(3)6-10(7-13)15-12/h6,8,11,17H,4-5H2,1-3H3,(H,14,15,16). The van der Waals surface area contributed by atoms with E-state index in [0.717, 1.165) is 5.69 Å². The van der Waals surface area contributed by atoms with Crippen LogP contribution >= 0.6 is 0 Å². The van der Waals surface area contributed by atoms with Crippen LogP contribution in [-0.2, 0) is 0 Å². The van der Waals surface area contributed by atoms with E-state index < -0.39 is 0 Å². The lowest BCUT2D eigenvalue weighted by Gasteiger charge is -2.21. The summed E-state index contributed by atoms with van der Waals surface area (Å²) in [6, 6.07) is 3.75. The lowest BCUT2D eigenvalue weighted by molar-refractivity contribution is 0.267. The zero-order valence-electron chi connectivity index (χ0n) is 10.4. The van der Waals surface area contributed by atoms with Gasteiger partial charge in [0.25, 0.3) is 0 Å². The van der Waals surface area contributed by atoms with Gasteiger partial charge < -0.3 is 10.4 Å². The van der Waals surface area contributed by atoms with Gasteiger partial charge in [-0.3, -0.25) is 0 Å². The van der Waals surface area contributed by atoms with Gasteiger partial charge in [-0.05, 0) is 25.3 Å². The van der Waals surface area contributed by atoms with Crippen LogP contribution in [0.3, 0.4) is 0 Å². The zero-order valence-corrected chi connectivity index (χ0v) is 10.4. The molecule has 0 radical (unpaired) electrons. The highest BCUT2D eigenvalue weighted by Gasteiger charge is 2.14. The summed E-state index contributed by atoms with van der Waals surface area (Å²) in [5.74, 6) is 0.811. The van der Waals surface area contributed by atoms with Crippen LogP contribution in [0.5, 0.6) is 0 Å². The van der Waals surface area contributed by atoms with Gasteiger partial charge in [0.15, 0.2) is 0 Å². The van der Waals surface area contributed by atoms with Crippen molar-refractivity contribution in [2.75, 3.05) is 11.9 Å². The molecule has 0 aliphatic heterocycles. The molecule has 1 atom stereocenters. The fourth-order valence-electron chi connectivity index (χ4n) is 1.57. The highest BCUT2D eigenvalue weighted by molar-refractivity contribution is 5.33. The van der Waals surface area contributed by atoms with Gasteiger partial charge >= 0.3 is 0 Å². The lowest BCUT2D eigenvalue weighted by Crippen LogP contribution is -2.28. The smallest absolute Gasteiger partial charge is 0.224 e. The Labute approximate surface area is 102 Å². The summed E-state index contributed by atoms with van der Waals surface area (Å²) >= 11 is 0. The van der Waals surface area contributed by atoms with E-state index in [2.05, 4.69) is 29.1 Å². The maximum Gasteiger partial charge on any atom is 0.224 e.